The molecule has 0 heterocycles. The first-order chi connectivity index (χ1) is 6.27. The first-order valence-electron chi connectivity index (χ1n) is 5.33. The molecule has 0 radical (unpaired) electrons. The standard InChI is InChI=1S/C11H16O2/c12-10-6-5-8-3-1-2-4-9(10)7-11(8)13/h8-9H,1-7H2. The summed E-state index contributed by atoms with van der Waals surface area (Å²) in [5, 5.41) is 0. The lowest BCUT2D eigenvalue weighted by Gasteiger charge is -2.17. The molecule has 2 unspecified atom stereocenters. The maximum Gasteiger partial charge on any atom is 0.136 e. The van der Waals surface area contributed by atoms with E-state index in [9.17, 15) is 9.59 Å². The van der Waals surface area contributed by atoms with Crippen LogP contribution in [0.4, 0.5) is 0 Å². The Bertz CT molecular complexity index is 232. The third kappa shape index (κ3) is 1.82. The molecule has 2 nitrogen and oxygen atoms in total. The van der Waals surface area contributed by atoms with Gasteiger partial charge in [0.1, 0.15) is 11.6 Å². The SMILES string of the molecule is O=C1CC2CCCCC1CCC2=O. The van der Waals surface area contributed by atoms with Gasteiger partial charge in [-0.2, -0.15) is 0 Å². The van der Waals surface area contributed by atoms with Crippen molar-refractivity contribution in [3.8, 4) is 0 Å². The van der Waals surface area contributed by atoms with Gasteiger partial charge in [0.2, 0.25) is 0 Å². The molecule has 0 N–H and O–H groups in total. The molecule has 2 bridgehead atoms. The van der Waals surface area contributed by atoms with Crippen LogP contribution in [0.15, 0.2) is 0 Å². The maximum atomic E-state index is 11.6. The normalized spacial score (nSPS) is 35.4. The number of ketones is 2. The number of hydrogen-bond donors (Lipinski definition) is 0. The van der Waals surface area contributed by atoms with Crippen LogP contribution < -0.4 is 0 Å². The lowest BCUT2D eigenvalue weighted by Crippen LogP contribution is -2.19. The van der Waals surface area contributed by atoms with Gasteiger partial charge in [-0.05, 0) is 19.3 Å². The summed E-state index contributed by atoms with van der Waals surface area (Å²) in [5.74, 6) is 1.00. The van der Waals surface area contributed by atoms with Crippen molar-refractivity contribution < 1.29 is 9.59 Å². The fourth-order valence-corrected chi connectivity index (χ4v) is 2.55. The van der Waals surface area contributed by atoms with Crippen molar-refractivity contribution in [3.63, 3.8) is 0 Å². The van der Waals surface area contributed by atoms with Crippen LogP contribution in [0.5, 0.6) is 0 Å². The van der Waals surface area contributed by atoms with E-state index in [-0.39, 0.29) is 11.8 Å². The van der Waals surface area contributed by atoms with Crippen molar-refractivity contribution in [1.29, 1.82) is 0 Å². The fraction of sp³-hybridized carbons (Fsp3) is 0.818. The zero-order valence-electron chi connectivity index (χ0n) is 7.92. The lowest BCUT2D eigenvalue weighted by atomic mass is 9.86. The zero-order chi connectivity index (χ0) is 9.26. The van der Waals surface area contributed by atoms with Crippen molar-refractivity contribution in [2.45, 2.75) is 44.9 Å². The lowest BCUT2D eigenvalue weighted by molar-refractivity contribution is -0.127. The molecule has 2 aliphatic rings. The number of rotatable bonds is 0. The van der Waals surface area contributed by atoms with Crippen LogP contribution in [0.1, 0.15) is 44.9 Å². The Labute approximate surface area is 78.7 Å². The maximum absolute atomic E-state index is 11.6. The second-order valence-corrected chi connectivity index (χ2v) is 4.35. The molecule has 2 heteroatoms. The monoisotopic (exact) mass is 180 g/mol. The molecule has 2 atom stereocenters. The predicted octanol–water partition coefficient (Wildman–Crippen LogP) is 2.11. The molecule has 2 aliphatic carbocycles. The van der Waals surface area contributed by atoms with Crippen LogP contribution in [0, 0.1) is 11.8 Å². The Morgan fingerprint density at radius 2 is 1.54 bits per heavy atom. The molecule has 72 valence electrons. The van der Waals surface area contributed by atoms with E-state index in [0.29, 0.717) is 24.4 Å². The van der Waals surface area contributed by atoms with E-state index in [0.717, 1.165) is 32.1 Å². The average Bonchev–Trinajstić information content (AvgIpc) is 2.19. The summed E-state index contributed by atoms with van der Waals surface area (Å²) in [6.45, 7) is 0. The summed E-state index contributed by atoms with van der Waals surface area (Å²) in [5.41, 5.74) is 0. The number of carbonyl (C=O) groups is 2. The number of hydrogen-bond acceptors (Lipinski definition) is 2. The molecule has 13 heavy (non-hydrogen) atoms. The van der Waals surface area contributed by atoms with E-state index in [1.54, 1.807) is 0 Å². The predicted molar refractivity (Wildman–Crippen MR) is 49.3 cm³/mol. The summed E-state index contributed by atoms with van der Waals surface area (Å²) < 4.78 is 0. The fourth-order valence-electron chi connectivity index (χ4n) is 2.55. The molecule has 0 aliphatic heterocycles. The molecule has 0 aromatic rings. The summed E-state index contributed by atoms with van der Waals surface area (Å²) in [4.78, 5) is 23.2. The second kappa shape index (κ2) is 3.60. The van der Waals surface area contributed by atoms with Gasteiger partial charge in [0.25, 0.3) is 0 Å². The van der Waals surface area contributed by atoms with Crippen LogP contribution in [-0.4, -0.2) is 11.6 Å². The Morgan fingerprint density at radius 3 is 2.31 bits per heavy atom. The topological polar surface area (TPSA) is 34.1 Å². The van der Waals surface area contributed by atoms with Gasteiger partial charge >= 0.3 is 0 Å². The van der Waals surface area contributed by atoms with Crippen molar-refractivity contribution in [1.82, 2.24) is 0 Å². The van der Waals surface area contributed by atoms with Crippen LogP contribution in [-0.2, 0) is 9.59 Å². The highest BCUT2D eigenvalue weighted by Crippen LogP contribution is 2.31. The molecule has 0 aromatic carbocycles. The van der Waals surface area contributed by atoms with Crippen molar-refractivity contribution in [2.75, 3.05) is 0 Å². The third-order valence-electron chi connectivity index (χ3n) is 3.45. The van der Waals surface area contributed by atoms with Gasteiger partial charge < -0.3 is 0 Å². The number of carbonyl (C=O) groups excluding carboxylic acids is 2. The highest BCUT2D eigenvalue weighted by atomic mass is 16.1. The van der Waals surface area contributed by atoms with E-state index in [2.05, 4.69) is 0 Å². The Hall–Kier alpha value is -0.660. The van der Waals surface area contributed by atoms with Crippen LogP contribution in [0.25, 0.3) is 0 Å². The molecule has 0 spiro atoms. The van der Waals surface area contributed by atoms with Gasteiger partial charge in [0, 0.05) is 24.7 Å². The van der Waals surface area contributed by atoms with Gasteiger partial charge in [-0.3, -0.25) is 9.59 Å². The summed E-state index contributed by atoms with van der Waals surface area (Å²) in [6, 6.07) is 0. The van der Waals surface area contributed by atoms with Crippen LogP contribution >= 0.6 is 0 Å². The molecule has 2 saturated carbocycles. The van der Waals surface area contributed by atoms with E-state index in [1.807, 2.05) is 0 Å². The number of Topliss-reactive ketones (excluding diaryl/α,β-unsaturated/α-hetero) is 2. The minimum atomic E-state index is 0.0813. The van der Waals surface area contributed by atoms with Gasteiger partial charge in [-0.15, -0.1) is 0 Å². The van der Waals surface area contributed by atoms with Crippen LogP contribution in [0.3, 0.4) is 0 Å². The Balaban J connectivity index is 2.19. The van der Waals surface area contributed by atoms with Gasteiger partial charge in [0.15, 0.2) is 0 Å². The van der Waals surface area contributed by atoms with Crippen molar-refractivity contribution in [3.05, 3.63) is 0 Å². The smallest absolute Gasteiger partial charge is 0.136 e. The van der Waals surface area contributed by atoms with Crippen LogP contribution in [0.2, 0.25) is 0 Å². The number of fused-ring (bicyclic) bond motifs is 3. The first kappa shape index (κ1) is 8.92. The largest absolute Gasteiger partial charge is 0.299 e. The highest BCUT2D eigenvalue weighted by molar-refractivity contribution is 5.91. The third-order valence-corrected chi connectivity index (χ3v) is 3.45. The quantitative estimate of drug-likeness (QED) is 0.572. The van der Waals surface area contributed by atoms with Crippen molar-refractivity contribution in [2.24, 2.45) is 11.8 Å². The Kier molecular flexibility index (Phi) is 2.47. The highest BCUT2D eigenvalue weighted by Gasteiger charge is 2.32. The van der Waals surface area contributed by atoms with E-state index < -0.39 is 0 Å². The summed E-state index contributed by atoms with van der Waals surface area (Å²) >= 11 is 0. The molecule has 2 rings (SSSR count). The first-order valence-corrected chi connectivity index (χ1v) is 5.33. The molecular formula is C11H16O2. The summed E-state index contributed by atoms with van der Waals surface area (Å²) in [7, 11) is 0. The molecule has 0 aromatic heterocycles. The van der Waals surface area contributed by atoms with Gasteiger partial charge in [0.05, 0.1) is 0 Å². The minimum Gasteiger partial charge on any atom is -0.299 e. The van der Waals surface area contributed by atoms with Gasteiger partial charge in [-0.25, -0.2) is 0 Å². The molecule has 0 amide bonds. The molecule has 0 saturated heterocycles. The molecular weight excluding hydrogens is 164 g/mol. The zero-order valence-corrected chi connectivity index (χ0v) is 7.92. The Morgan fingerprint density at radius 1 is 0.846 bits per heavy atom. The molecule has 2 fully saturated rings. The minimum absolute atomic E-state index is 0.0813. The van der Waals surface area contributed by atoms with E-state index in [1.165, 1.54) is 0 Å². The van der Waals surface area contributed by atoms with E-state index in [4.69, 9.17) is 0 Å². The van der Waals surface area contributed by atoms with Crippen molar-refractivity contribution >= 4 is 11.6 Å². The van der Waals surface area contributed by atoms with E-state index >= 15 is 0 Å². The summed E-state index contributed by atoms with van der Waals surface area (Å²) in [6.07, 6.45) is 6.29. The second-order valence-electron chi connectivity index (χ2n) is 4.35. The average molecular weight is 180 g/mol. The van der Waals surface area contributed by atoms with Gasteiger partial charge in [-0.1, -0.05) is 12.8 Å².